The molecule has 0 radical (unpaired) electrons. The van der Waals surface area contributed by atoms with Crippen LogP contribution >= 0.6 is 0 Å². The molecular formula is C23H25N3O2. The summed E-state index contributed by atoms with van der Waals surface area (Å²) in [6, 6.07) is 20.1. The standard InChI is InChI=1S/C23H25N3O2/c24-13-19-6-8-21(9-7-19)14-25-10-11-28-18-23(16-25)12-22(27)26(17-23)15-20-4-2-1-3-5-20/h1-9H,10-12,14-18H2/t23-/m0/s1. The molecule has 1 spiro atoms. The second kappa shape index (κ2) is 8.14. The number of likely N-dealkylation sites (tertiary alicyclic amines) is 1. The van der Waals surface area contributed by atoms with Gasteiger partial charge in [0.15, 0.2) is 0 Å². The molecule has 2 aromatic carbocycles. The highest BCUT2D eigenvalue weighted by Gasteiger charge is 2.45. The van der Waals surface area contributed by atoms with Crippen LogP contribution in [0.15, 0.2) is 54.6 Å². The molecule has 0 bridgehead atoms. The van der Waals surface area contributed by atoms with E-state index in [1.54, 1.807) is 0 Å². The molecule has 1 atom stereocenters. The molecule has 28 heavy (non-hydrogen) atoms. The van der Waals surface area contributed by atoms with Crippen molar-refractivity contribution in [2.24, 2.45) is 5.41 Å². The minimum Gasteiger partial charge on any atom is -0.379 e. The van der Waals surface area contributed by atoms with Gasteiger partial charge in [-0.3, -0.25) is 9.69 Å². The molecule has 0 unspecified atom stereocenters. The maximum Gasteiger partial charge on any atom is 0.223 e. The van der Waals surface area contributed by atoms with Gasteiger partial charge in [-0.05, 0) is 23.3 Å². The fourth-order valence-electron chi connectivity index (χ4n) is 4.29. The van der Waals surface area contributed by atoms with Crippen molar-refractivity contribution in [3.05, 3.63) is 71.3 Å². The zero-order valence-electron chi connectivity index (χ0n) is 16.0. The highest BCUT2D eigenvalue weighted by atomic mass is 16.5. The number of hydrogen-bond donors (Lipinski definition) is 0. The van der Waals surface area contributed by atoms with Gasteiger partial charge in [0.25, 0.3) is 0 Å². The Bertz CT molecular complexity index is 860. The van der Waals surface area contributed by atoms with Gasteiger partial charge in [0.1, 0.15) is 0 Å². The lowest BCUT2D eigenvalue weighted by Crippen LogP contribution is -2.40. The molecule has 0 aromatic heterocycles. The van der Waals surface area contributed by atoms with Gasteiger partial charge < -0.3 is 9.64 Å². The maximum atomic E-state index is 12.7. The first-order chi connectivity index (χ1) is 13.7. The van der Waals surface area contributed by atoms with Gasteiger partial charge in [-0.15, -0.1) is 0 Å². The lowest BCUT2D eigenvalue weighted by atomic mass is 9.87. The maximum absolute atomic E-state index is 12.7. The summed E-state index contributed by atoms with van der Waals surface area (Å²) in [5, 5.41) is 8.97. The SMILES string of the molecule is N#Cc1ccc(CN2CCOC[C@@]3(CC(=O)N(Cc4ccccc4)C3)C2)cc1. The van der Waals surface area contributed by atoms with Crippen molar-refractivity contribution < 1.29 is 9.53 Å². The Balaban J connectivity index is 1.44. The molecule has 2 aliphatic heterocycles. The highest BCUT2D eigenvalue weighted by Crippen LogP contribution is 2.35. The number of nitriles is 1. The van der Waals surface area contributed by atoms with Gasteiger partial charge in [0.05, 0.1) is 24.8 Å². The summed E-state index contributed by atoms with van der Waals surface area (Å²) < 4.78 is 5.92. The topological polar surface area (TPSA) is 56.6 Å². The van der Waals surface area contributed by atoms with Crippen LogP contribution in [0.2, 0.25) is 0 Å². The Morgan fingerprint density at radius 3 is 2.50 bits per heavy atom. The number of ether oxygens (including phenoxy) is 1. The molecule has 4 rings (SSSR count). The Morgan fingerprint density at radius 2 is 1.75 bits per heavy atom. The number of hydrogen-bond acceptors (Lipinski definition) is 4. The van der Waals surface area contributed by atoms with E-state index in [9.17, 15) is 4.79 Å². The predicted molar refractivity (Wildman–Crippen MR) is 106 cm³/mol. The first-order valence-corrected chi connectivity index (χ1v) is 9.77. The minimum absolute atomic E-state index is 0.144. The molecule has 2 saturated heterocycles. The van der Waals surface area contributed by atoms with E-state index < -0.39 is 0 Å². The monoisotopic (exact) mass is 375 g/mol. The largest absolute Gasteiger partial charge is 0.379 e. The number of carbonyl (C=O) groups excluding carboxylic acids is 1. The summed E-state index contributed by atoms with van der Waals surface area (Å²) in [6.45, 7) is 5.24. The lowest BCUT2D eigenvalue weighted by molar-refractivity contribution is -0.128. The second-order valence-corrected chi connectivity index (χ2v) is 7.98. The van der Waals surface area contributed by atoms with Gasteiger partial charge in [-0.25, -0.2) is 0 Å². The van der Waals surface area contributed by atoms with E-state index >= 15 is 0 Å². The van der Waals surface area contributed by atoms with Crippen LogP contribution < -0.4 is 0 Å². The third-order valence-electron chi connectivity index (χ3n) is 5.63. The average Bonchev–Trinajstić information content (AvgIpc) is 2.88. The van der Waals surface area contributed by atoms with Gasteiger partial charge >= 0.3 is 0 Å². The lowest BCUT2D eigenvalue weighted by Gasteiger charge is -2.31. The summed E-state index contributed by atoms with van der Waals surface area (Å²) in [5.41, 5.74) is 2.88. The van der Waals surface area contributed by atoms with Crippen molar-refractivity contribution in [3.8, 4) is 6.07 Å². The van der Waals surface area contributed by atoms with Crippen LogP contribution in [0.1, 0.15) is 23.1 Å². The van der Waals surface area contributed by atoms with Crippen molar-refractivity contribution in [3.63, 3.8) is 0 Å². The normalized spacial score (nSPS) is 23.0. The zero-order chi connectivity index (χ0) is 19.4. The Kier molecular flexibility index (Phi) is 5.43. The fourth-order valence-corrected chi connectivity index (χ4v) is 4.29. The second-order valence-electron chi connectivity index (χ2n) is 7.98. The van der Waals surface area contributed by atoms with Gasteiger partial charge in [-0.2, -0.15) is 5.26 Å². The molecule has 0 saturated carbocycles. The van der Waals surface area contributed by atoms with E-state index in [0.717, 1.165) is 31.7 Å². The first kappa shape index (κ1) is 18.7. The quantitative estimate of drug-likeness (QED) is 0.825. The molecule has 2 fully saturated rings. The summed E-state index contributed by atoms with van der Waals surface area (Å²) in [6.07, 6.45) is 0.545. The van der Waals surface area contributed by atoms with Crippen LogP contribution in [0.25, 0.3) is 0 Å². The van der Waals surface area contributed by atoms with Crippen LogP contribution in [-0.2, 0) is 22.6 Å². The summed E-state index contributed by atoms with van der Waals surface area (Å²) in [5.74, 6) is 0.215. The molecule has 2 aromatic rings. The number of rotatable bonds is 4. The minimum atomic E-state index is -0.144. The van der Waals surface area contributed by atoms with Crippen LogP contribution in [-0.4, -0.2) is 48.6 Å². The number of benzene rings is 2. The van der Waals surface area contributed by atoms with Gasteiger partial charge in [0, 0.05) is 44.6 Å². The molecule has 5 heteroatoms. The van der Waals surface area contributed by atoms with E-state index in [1.165, 1.54) is 5.56 Å². The summed E-state index contributed by atoms with van der Waals surface area (Å²) >= 11 is 0. The van der Waals surface area contributed by atoms with E-state index in [2.05, 4.69) is 23.1 Å². The molecule has 0 aliphatic carbocycles. The Hall–Kier alpha value is -2.68. The van der Waals surface area contributed by atoms with Crippen LogP contribution in [0.3, 0.4) is 0 Å². The molecule has 1 amide bonds. The molecule has 2 heterocycles. The molecular weight excluding hydrogens is 350 g/mol. The highest BCUT2D eigenvalue weighted by molar-refractivity contribution is 5.79. The van der Waals surface area contributed by atoms with Crippen LogP contribution in [0.5, 0.6) is 0 Å². The number of nitrogens with zero attached hydrogens (tertiary/aromatic N) is 3. The molecule has 5 nitrogen and oxygen atoms in total. The third kappa shape index (κ3) is 4.24. The summed E-state index contributed by atoms with van der Waals surface area (Å²) in [7, 11) is 0. The van der Waals surface area contributed by atoms with Crippen LogP contribution in [0.4, 0.5) is 0 Å². The molecule has 2 aliphatic rings. The smallest absolute Gasteiger partial charge is 0.223 e. The number of amides is 1. The fraction of sp³-hybridized carbons (Fsp3) is 0.391. The first-order valence-electron chi connectivity index (χ1n) is 9.77. The Labute approximate surface area is 166 Å². The number of carbonyl (C=O) groups is 1. The van der Waals surface area contributed by atoms with Crippen molar-refractivity contribution in [1.29, 1.82) is 5.26 Å². The van der Waals surface area contributed by atoms with Crippen molar-refractivity contribution in [2.45, 2.75) is 19.5 Å². The zero-order valence-corrected chi connectivity index (χ0v) is 16.0. The van der Waals surface area contributed by atoms with Crippen molar-refractivity contribution >= 4 is 5.91 Å². The van der Waals surface area contributed by atoms with Gasteiger partial charge in [-0.1, -0.05) is 42.5 Å². The van der Waals surface area contributed by atoms with Crippen molar-refractivity contribution in [1.82, 2.24) is 9.80 Å². The Morgan fingerprint density at radius 1 is 1.00 bits per heavy atom. The van der Waals surface area contributed by atoms with Crippen LogP contribution in [0, 0.1) is 16.7 Å². The van der Waals surface area contributed by atoms with E-state index in [-0.39, 0.29) is 11.3 Å². The van der Waals surface area contributed by atoms with Gasteiger partial charge in [0.2, 0.25) is 5.91 Å². The summed E-state index contributed by atoms with van der Waals surface area (Å²) in [4.78, 5) is 17.1. The molecule has 0 N–H and O–H groups in total. The van der Waals surface area contributed by atoms with E-state index in [1.807, 2.05) is 47.4 Å². The van der Waals surface area contributed by atoms with E-state index in [0.29, 0.717) is 31.7 Å². The average molecular weight is 375 g/mol. The van der Waals surface area contributed by atoms with E-state index in [4.69, 9.17) is 10.00 Å². The predicted octanol–water partition coefficient (Wildman–Crippen LogP) is 2.81. The van der Waals surface area contributed by atoms with Crippen molar-refractivity contribution in [2.75, 3.05) is 32.8 Å². The third-order valence-corrected chi connectivity index (χ3v) is 5.63. The molecule has 144 valence electrons.